The normalized spacial score (nSPS) is 16.3. The molecular weight excluding hydrogens is 554 g/mol. The average Bonchev–Trinajstić information content (AvgIpc) is 3.50. The van der Waals surface area contributed by atoms with E-state index in [0.29, 0.717) is 31.3 Å². The molecule has 3 aromatic carbocycles. The van der Waals surface area contributed by atoms with Gasteiger partial charge in [0.25, 0.3) is 0 Å². The van der Waals surface area contributed by atoms with Crippen molar-refractivity contribution < 1.29 is 19.1 Å². The quantitative estimate of drug-likeness (QED) is 0.290. The van der Waals surface area contributed by atoms with Crippen LogP contribution < -0.4 is 15.4 Å². The van der Waals surface area contributed by atoms with Crippen LogP contribution >= 0.6 is 0 Å². The van der Waals surface area contributed by atoms with Gasteiger partial charge in [-0.1, -0.05) is 36.4 Å². The lowest BCUT2D eigenvalue weighted by molar-refractivity contribution is 0.0941. The van der Waals surface area contributed by atoms with E-state index in [9.17, 15) is 9.59 Å². The Kier molecular flexibility index (Phi) is 9.02. The summed E-state index contributed by atoms with van der Waals surface area (Å²) in [5.41, 5.74) is 10.5. The summed E-state index contributed by atoms with van der Waals surface area (Å²) in [6, 6.07) is 24.4. The number of primary amides is 1. The molecule has 0 saturated carbocycles. The maximum Gasteiger partial charge on any atom is 0.410 e. The third-order valence-corrected chi connectivity index (χ3v) is 9.03. The number of aromatic nitrogens is 1. The first kappa shape index (κ1) is 29.6. The summed E-state index contributed by atoms with van der Waals surface area (Å²) in [5, 5.41) is 1.13. The van der Waals surface area contributed by atoms with Crippen molar-refractivity contribution in [3.63, 3.8) is 0 Å². The van der Waals surface area contributed by atoms with Crippen molar-refractivity contribution in [3.8, 4) is 5.75 Å². The maximum absolute atomic E-state index is 12.6. The minimum atomic E-state index is -0.393. The van der Waals surface area contributed by atoms with Crippen LogP contribution in [0.25, 0.3) is 10.9 Å². The van der Waals surface area contributed by atoms with Gasteiger partial charge < -0.3 is 34.5 Å². The molecule has 2 fully saturated rings. The van der Waals surface area contributed by atoms with Crippen LogP contribution in [0.4, 0.5) is 10.5 Å². The Morgan fingerprint density at radius 1 is 0.886 bits per heavy atom. The van der Waals surface area contributed by atoms with E-state index in [1.807, 2.05) is 42.5 Å². The average molecular weight is 596 g/mol. The van der Waals surface area contributed by atoms with Gasteiger partial charge >= 0.3 is 6.09 Å². The molecule has 2 saturated heterocycles. The Morgan fingerprint density at radius 2 is 1.66 bits per heavy atom. The van der Waals surface area contributed by atoms with Crippen molar-refractivity contribution in [1.82, 2.24) is 14.4 Å². The number of nitrogens with zero attached hydrogens (tertiary/aromatic N) is 4. The first-order valence-corrected chi connectivity index (χ1v) is 15.5. The number of anilines is 1. The zero-order valence-electron chi connectivity index (χ0n) is 25.4. The van der Waals surface area contributed by atoms with Crippen molar-refractivity contribution in [2.24, 2.45) is 5.73 Å². The molecule has 2 aliphatic rings. The van der Waals surface area contributed by atoms with E-state index in [-0.39, 0.29) is 6.09 Å². The van der Waals surface area contributed by atoms with Crippen molar-refractivity contribution in [2.75, 3.05) is 57.8 Å². The molecule has 3 heterocycles. The van der Waals surface area contributed by atoms with Crippen molar-refractivity contribution >= 4 is 28.6 Å². The molecule has 0 unspecified atom stereocenters. The van der Waals surface area contributed by atoms with Crippen LogP contribution in [0.5, 0.6) is 5.75 Å². The summed E-state index contributed by atoms with van der Waals surface area (Å²) in [4.78, 5) is 31.0. The minimum absolute atomic E-state index is 0.256. The van der Waals surface area contributed by atoms with E-state index in [2.05, 4.69) is 44.8 Å². The number of piperidine rings is 1. The van der Waals surface area contributed by atoms with Gasteiger partial charge in [-0.25, -0.2) is 4.79 Å². The molecule has 0 atom stereocenters. The molecule has 9 nitrogen and oxygen atoms in total. The van der Waals surface area contributed by atoms with Gasteiger partial charge in [-0.05, 0) is 72.2 Å². The van der Waals surface area contributed by atoms with Crippen molar-refractivity contribution in [1.29, 1.82) is 0 Å². The predicted molar refractivity (Wildman–Crippen MR) is 172 cm³/mol. The number of fused-ring (bicyclic) bond motifs is 1. The molecule has 44 heavy (non-hydrogen) atoms. The molecule has 1 aromatic heterocycles. The number of carbonyl (C=O) groups is 2. The summed E-state index contributed by atoms with van der Waals surface area (Å²) in [6.07, 6.45) is 4.90. The smallest absolute Gasteiger partial charge is 0.410 e. The van der Waals surface area contributed by atoms with Crippen molar-refractivity contribution in [3.05, 3.63) is 95.7 Å². The Labute approximate surface area is 258 Å². The molecule has 9 heteroatoms. The lowest BCUT2D eigenvalue weighted by atomic mass is 10.0. The summed E-state index contributed by atoms with van der Waals surface area (Å²) >= 11 is 0. The van der Waals surface area contributed by atoms with Gasteiger partial charge in [-0.3, -0.25) is 4.79 Å². The summed E-state index contributed by atoms with van der Waals surface area (Å²) < 4.78 is 13.6. The number of rotatable bonds is 9. The molecule has 2 N–H and O–H groups in total. The second-order valence-corrected chi connectivity index (χ2v) is 11.7. The third kappa shape index (κ3) is 6.68. The number of likely N-dealkylation sites (tertiary alicyclic amines) is 1. The lowest BCUT2D eigenvalue weighted by Gasteiger charge is -2.36. The summed E-state index contributed by atoms with van der Waals surface area (Å²) in [6.45, 7) is 6.07. The minimum Gasteiger partial charge on any atom is -0.496 e. The molecule has 0 aliphatic carbocycles. The van der Waals surface area contributed by atoms with E-state index in [0.717, 1.165) is 79.9 Å². The Bertz CT molecular complexity index is 1590. The van der Waals surface area contributed by atoms with Crippen LogP contribution in [0.2, 0.25) is 0 Å². The monoisotopic (exact) mass is 595 g/mol. The van der Waals surface area contributed by atoms with E-state index < -0.39 is 5.91 Å². The van der Waals surface area contributed by atoms with Crippen molar-refractivity contribution in [2.45, 2.75) is 31.9 Å². The van der Waals surface area contributed by atoms with E-state index >= 15 is 0 Å². The van der Waals surface area contributed by atoms with E-state index in [1.165, 1.54) is 5.56 Å². The van der Waals surface area contributed by atoms with Crippen LogP contribution in [-0.4, -0.2) is 79.3 Å². The van der Waals surface area contributed by atoms with Gasteiger partial charge in [-0.2, -0.15) is 0 Å². The second kappa shape index (κ2) is 13.4. The fourth-order valence-electron chi connectivity index (χ4n) is 6.44. The number of piperazine rings is 1. The fourth-order valence-corrected chi connectivity index (χ4v) is 6.44. The SMILES string of the molecule is COc1ccc(N2CCN(C(=O)OCc3ccccc3)CC2)cc1CCN1CCC(n2ccc3ccc(C(N)=O)cc32)CC1. The number of ether oxygens (including phenoxy) is 2. The van der Waals surface area contributed by atoms with Gasteiger partial charge in [-0.15, -0.1) is 0 Å². The number of nitrogens with two attached hydrogens (primary N) is 1. The van der Waals surface area contributed by atoms with Crippen LogP contribution in [0, 0.1) is 0 Å². The number of methoxy groups -OCH3 is 1. The highest BCUT2D eigenvalue weighted by atomic mass is 16.6. The number of hydrogen-bond acceptors (Lipinski definition) is 6. The van der Waals surface area contributed by atoms with E-state index in [4.69, 9.17) is 15.2 Å². The summed E-state index contributed by atoms with van der Waals surface area (Å²) in [5.74, 6) is 0.520. The molecule has 2 aliphatic heterocycles. The first-order chi connectivity index (χ1) is 21.5. The number of carbonyl (C=O) groups excluding carboxylic acids is 2. The molecule has 0 bridgehead atoms. The highest BCUT2D eigenvalue weighted by Crippen LogP contribution is 2.30. The van der Waals surface area contributed by atoms with Gasteiger partial charge in [0.05, 0.1) is 7.11 Å². The Balaban J connectivity index is 1.01. The second-order valence-electron chi connectivity index (χ2n) is 11.7. The molecule has 0 spiro atoms. The largest absolute Gasteiger partial charge is 0.496 e. The Morgan fingerprint density at radius 3 is 2.39 bits per heavy atom. The van der Waals surface area contributed by atoms with E-state index in [1.54, 1.807) is 18.1 Å². The van der Waals surface area contributed by atoms with Crippen LogP contribution in [0.1, 0.15) is 40.4 Å². The highest BCUT2D eigenvalue weighted by molar-refractivity contribution is 5.97. The number of hydrogen-bond donors (Lipinski definition) is 1. The maximum atomic E-state index is 12.6. The predicted octanol–water partition coefficient (Wildman–Crippen LogP) is 5.09. The molecule has 2 amide bonds. The lowest BCUT2D eigenvalue weighted by Crippen LogP contribution is -2.49. The first-order valence-electron chi connectivity index (χ1n) is 15.5. The standard InChI is InChI=1S/C35H41N5O4/c1-43-33-10-9-31(38-19-21-39(22-20-38)35(42)44-25-26-5-3-2-4-6-26)23-28(33)11-15-37-16-13-30(14-17-37)40-18-12-27-7-8-29(34(36)41)24-32(27)40/h2-10,12,18,23-24,30H,11,13-17,19-22,25H2,1H3,(H2,36,41). The molecule has 230 valence electrons. The molecular formula is C35H41N5O4. The van der Waals surface area contributed by atoms with Crippen LogP contribution in [0.15, 0.2) is 79.0 Å². The number of amides is 2. The molecule has 0 radical (unpaired) electrons. The van der Waals surface area contributed by atoms with Crippen LogP contribution in [0.3, 0.4) is 0 Å². The summed E-state index contributed by atoms with van der Waals surface area (Å²) in [7, 11) is 1.73. The molecule has 4 aromatic rings. The molecule has 6 rings (SSSR count). The van der Waals surface area contributed by atoms with Gasteiger partial charge in [0.15, 0.2) is 0 Å². The van der Waals surface area contributed by atoms with Gasteiger partial charge in [0.2, 0.25) is 5.91 Å². The number of benzene rings is 3. The zero-order chi connectivity index (χ0) is 30.5. The fraction of sp³-hybridized carbons (Fsp3) is 0.371. The Hall–Kier alpha value is -4.50. The van der Waals surface area contributed by atoms with Gasteiger partial charge in [0.1, 0.15) is 12.4 Å². The van der Waals surface area contributed by atoms with Gasteiger partial charge in [0, 0.05) is 74.8 Å². The third-order valence-electron chi connectivity index (χ3n) is 9.03. The highest BCUT2D eigenvalue weighted by Gasteiger charge is 2.24. The van der Waals surface area contributed by atoms with Crippen LogP contribution in [-0.2, 0) is 17.8 Å². The topological polar surface area (TPSA) is 93.3 Å². The zero-order valence-corrected chi connectivity index (χ0v) is 25.4.